The summed E-state index contributed by atoms with van der Waals surface area (Å²) in [6, 6.07) is 9.28. The highest BCUT2D eigenvalue weighted by Gasteiger charge is 2.19. The Balaban J connectivity index is 1.71. The fourth-order valence-electron chi connectivity index (χ4n) is 3.28. The van der Waals surface area contributed by atoms with Gasteiger partial charge in [0, 0.05) is 23.5 Å². The summed E-state index contributed by atoms with van der Waals surface area (Å²) in [6.45, 7) is 3.96. The lowest BCUT2D eigenvalue weighted by Gasteiger charge is -2.12. The van der Waals surface area contributed by atoms with E-state index in [1.807, 2.05) is 32.0 Å². The Labute approximate surface area is 147 Å². The number of rotatable bonds is 4. The van der Waals surface area contributed by atoms with Crippen molar-refractivity contribution in [2.75, 3.05) is 5.32 Å². The summed E-state index contributed by atoms with van der Waals surface area (Å²) in [7, 11) is 0. The minimum absolute atomic E-state index is 0.144. The van der Waals surface area contributed by atoms with Crippen molar-refractivity contribution in [1.29, 1.82) is 0 Å². The molecular formula is C20H23N3O2. The second-order valence-corrected chi connectivity index (χ2v) is 6.72. The molecule has 2 amide bonds. The molecule has 0 saturated heterocycles. The number of aryl methyl sites for hydroxylation is 2. The van der Waals surface area contributed by atoms with E-state index < -0.39 is 0 Å². The summed E-state index contributed by atoms with van der Waals surface area (Å²) < 4.78 is 0. The molecule has 1 aromatic carbocycles. The van der Waals surface area contributed by atoms with Crippen LogP contribution >= 0.6 is 0 Å². The molecule has 1 saturated carbocycles. The largest absolute Gasteiger partial charge is 0.349 e. The Bertz CT molecular complexity index is 775. The SMILES string of the molecule is Cc1cc(C)cc(NC(=O)c2cc(C(=O)NC3CCCC3)ccn2)c1. The third-order valence-corrected chi connectivity index (χ3v) is 4.42. The lowest BCUT2D eigenvalue weighted by atomic mass is 10.1. The molecule has 1 aliphatic carbocycles. The van der Waals surface area contributed by atoms with Crippen LogP contribution in [0.3, 0.4) is 0 Å². The number of aromatic nitrogens is 1. The van der Waals surface area contributed by atoms with E-state index in [0.717, 1.165) is 42.5 Å². The van der Waals surface area contributed by atoms with Gasteiger partial charge in [-0.1, -0.05) is 18.9 Å². The van der Waals surface area contributed by atoms with E-state index in [9.17, 15) is 9.59 Å². The number of carbonyl (C=O) groups excluding carboxylic acids is 2. The van der Waals surface area contributed by atoms with Crippen LogP contribution in [0.1, 0.15) is 57.7 Å². The molecule has 2 aromatic rings. The van der Waals surface area contributed by atoms with E-state index in [0.29, 0.717) is 5.56 Å². The quantitative estimate of drug-likeness (QED) is 0.895. The Morgan fingerprint density at radius 3 is 2.36 bits per heavy atom. The Morgan fingerprint density at radius 2 is 1.68 bits per heavy atom. The summed E-state index contributed by atoms with van der Waals surface area (Å²) >= 11 is 0. The number of nitrogens with zero attached hydrogens (tertiary/aromatic N) is 1. The highest BCUT2D eigenvalue weighted by atomic mass is 16.2. The molecule has 3 rings (SSSR count). The zero-order valence-electron chi connectivity index (χ0n) is 14.6. The third-order valence-electron chi connectivity index (χ3n) is 4.42. The van der Waals surface area contributed by atoms with E-state index in [1.165, 1.54) is 6.20 Å². The molecule has 1 fully saturated rings. The molecule has 2 N–H and O–H groups in total. The van der Waals surface area contributed by atoms with Gasteiger partial charge >= 0.3 is 0 Å². The average Bonchev–Trinajstić information content (AvgIpc) is 3.07. The first-order chi connectivity index (χ1) is 12.0. The number of pyridine rings is 1. The number of amides is 2. The summed E-state index contributed by atoms with van der Waals surface area (Å²) in [6.07, 6.45) is 5.86. The second kappa shape index (κ2) is 7.47. The molecule has 0 spiro atoms. The van der Waals surface area contributed by atoms with Gasteiger partial charge in [-0.3, -0.25) is 14.6 Å². The van der Waals surface area contributed by atoms with E-state index in [1.54, 1.807) is 12.1 Å². The number of benzene rings is 1. The van der Waals surface area contributed by atoms with Gasteiger partial charge in [0.15, 0.2) is 0 Å². The summed E-state index contributed by atoms with van der Waals surface area (Å²) in [5.74, 6) is -0.463. The average molecular weight is 337 g/mol. The Hall–Kier alpha value is -2.69. The molecule has 1 aliphatic rings. The summed E-state index contributed by atoms with van der Waals surface area (Å²) in [5.41, 5.74) is 3.58. The van der Waals surface area contributed by atoms with E-state index >= 15 is 0 Å². The number of nitrogens with one attached hydrogen (secondary N) is 2. The fraction of sp³-hybridized carbons (Fsp3) is 0.350. The van der Waals surface area contributed by atoms with Crippen LogP contribution in [0.2, 0.25) is 0 Å². The number of anilines is 1. The van der Waals surface area contributed by atoms with Crippen LogP contribution < -0.4 is 10.6 Å². The molecule has 0 unspecified atom stereocenters. The smallest absolute Gasteiger partial charge is 0.274 e. The Kier molecular flexibility index (Phi) is 5.12. The van der Waals surface area contributed by atoms with Crippen molar-refractivity contribution in [3.63, 3.8) is 0 Å². The van der Waals surface area contributed by atoms with E-state index in [2.05, 4.69) is 15.6 Å². The molecule has 0 atom stereocenters. The summed E-state index contributed by atoms with van der Waals surface area (Å²) in [5, 5.41) is 5.87. The zero-order chi connectivity index (χ0) is 17.8. The fourth-order valence-corrected chi connectivity index (χ4v) is 3.28. The minimum atomic E-state index is -0.319. The normalized spacial score (nSPS) is 14.3. The number of hydrogen-bond acceptors (Lipinski definition) is 3. The van der Waals surface area contributed by atoms with Crippen molar-refractivity contribution in [2.45, 2.75) is 45.6 Å². The molecule has 5 heteroatoms. The molecule has 0 aliphatic heterocycles. The Morgan fingerprint density at radius 1 is 1.00 bits per heavy atom. The van der Waals surface area contributed by atoms with Gasteiger partial charge in [0.25, 0.3) is 11.8 Å². The standard InChI is InChI=1S/C20H23N3O2/c1-13-9-14(2)11-17(10-13)23-20(25)18-12-15(7-8-21-18)19(24)22-16-5-3-4-6-16/h7-12,16H,3-6H2,1-2H3,(H,22,24)(H,23,25). The highest BCUT2D eigenvalue weighted by molar-refractivity contribution is 6.04. The van der Waals surface area contributed by atoms with Gasteiger partial charge in [0.05, 0.1) is 0 Å². The molecule has 1 aromatic heterocycles. The van der Waals surface area contributed by atoms with Crippen molar-refractivity contribution in [2.24, 2.45) is 0 Å². The number of hydrogen-bond donors (Lipinski definition) is 2. The van der Waals surface area contributed by atoms with Crippen LogP contribution in [-0.4, -0.2) is 22.8 Å². The molecule has 25 heavy (non-hydrogen) atoms. The molecule has 0 radical (unpaired) electrons. The van der Waals surface area contributed by atoms with Crippen molar-refractivity contribution in [3.05, 3.63) is 58.9 Å². The van der Waals surface area contributed by atoms with Gasteiger partial charge in [-0.15, -0.1) is 0 Å². The van der Waals surface area contributed by atoms with Crippen molar-refractivity contribution in [1.82, 2.24) is 10.3 Å². The second-order valence-electron chi connectivity index (χ2n) is 6.72. The maximum atomic E-state index is 12.5. The van der Waals surface area contributed by atoms with Gasteiger partial charge in [-0.2, -0.15) is 0 Å². The zero-order valence-corrected chi connectivity index (χ0v) is 14.6. The van der Waals surface area contributed by atoms with Gasteiger partial charge < -0.3 is 10.6 Å². The van der Waals surface area contributed by atoms with Crippen LogP contribution in [0.25, 0.3) is 0 Å². The molecular weight excluding hydrogens is 314 g/mol. The van der Waals surface area contributed by atoms with Crippen molar-refractivity contribution in [3.8, 4) is 0 Å². The predicted molar refractivity (Wildman–Crippen MR) is 97.8 cm³/mol. The highest BCUT2D eigenvalue weighted by Crippen LogP contribution is 2.18. The predicted octanol–water partition coefficient (Wildman–Crippen LogP) is 3.62. The maximum absolute atomic E-state index is 12.5. The van der Waals surface area contributed by atoms with Crippen LogP contribution in [0.5, 0.6) is 0 Å². The van der Waals surface area contributed by atoms with Crippen LogP contribution in [0.15, 0.2) is 36.5 Å². The maximum Gasteiger partial charge on any atom is 0.274 e. The van der Waals surface area contributed by atoms with Crippen LogP contribution in [0.4, 0.5) is 5.69 Å². The monoisotopic (exact) mass is 337 g/mol. The minimum Gasteiger partial charge on any atom is -0.349 e. The van der Waals surface area contributed by atoms with E-state index in [4.69, 9.17) is 0 Å². The molecule has 0 bridgehead atoms. The lowest BCUT2D eigenvalue weighted by molar-refractivity contribution is 0.0937. The third kappa shape index (κ3) is 4.44. The van der Waals surface area contributed by atoms with Crippen LogP contribution in [0, 0.1) is 13.8 Å². The van der Waals surface area contributed by atoms with E-state index in [-0.39, 0.29) is 23.6 Å². The summed E-state index contributed by atoms with van der Waals surface area (Å²) in [4.78, 5) is 28.9. The first-order valence-corrected chi connectivity index (χ1v) is 8.68. The van der Waals surface area contributed by atoms with Gasteiger partial charge in [-0.05, 0) is 62.1 Å². The first kappa shape index (κ1) is 17.1. The van der Waals surface area contributed by atoms with Gasteiger partial charge in [0.1, 0.15) is 5.69 Å². The van der Waals surface area contributed by atoms with Crippen LogP contribution in [-0.2, 0) is 0 Å². The number of carbonyl (C=O) groups is 2. The molecule has 130 valence electrons. The topological polar surface area (TPSA) is 71.1 Å². The van der Waals surface area contributed by atoms with Crippen molar-refractivity contribution >= 4 is 17.5 Å². The van der Waals surface area contributed by atoms with Gasteiger partial charge in [-0.25, -0.2) is 0 Å². The molecule has 5 nitrogen and oxygen atoms in total. The molecule has 1 heterocycles. The first-order valence-electron chi connectivity index (χ1n) is 8.68. The van der Waals surface area contributed by atoms with Crippen molar-refractivity contribution < 1.29 is 9.59 Å². The lowest BCUT2D eigenvalue weighted by Crippen LogP contribution is -2.32. The van der Waals surface area contributed by atoms with Gasteiger partial charge in [0.2, 0.25) is 0 Å².